The van der Waals surface area contributed by atoms with Crippen molar-refractivity contribution in [2.24, 2.45) is 0 Å². The van der Waals surface area contributed by atoms with E-state index in [1.54, 1.807) is 18.2 Å². The van der Waals surface area contributed by atoms with Crippen LogP contribution < -0.4 is 5.32 Å². The van der Waals surface area contributed by atoms with E-state index in [1.165, 1.54) is 0 Å². The molecule has 3 rings (SSSR count). The molecule has 1 aromatic carbocycles. The molecule has 0 aromatic heterocycles. The van der Waals surface area contributed by atoms with Crippen LogP contribution in [0.25, 0.3) is 0 Å². The zero-order valence-electron chi connectivity index (χ0n) is 10.9. The highest BCUT2D eigenvalue weighted by Crippen LogP contribution is 2.28. The molecule has 0 bridgehead atoms. The van der Waals surface area contributed by atoms with E-state index < -0.39 is 23.8 Å². The number of hydrogen-bond donors (Lipinski definition) is 1. The lowest BCUT2D eigenvalue weighted by molar-refractivity contribution is -0.136. The third-order valence-corrected chi connectivity index (χ3v) is 4.54. The normalized spacial score (nSPS) is 21.6. The fraction of sp³-hybridized carbons (Fsp3) is 0.286. The molecule has 1 aromatic rings. The maximum atomic E-state index is 12.4. The molecule has 108 valence electrons. The second kappa shape index (κ2) is 5.21. The van der Waals surface area contributed by atoms with Gasteiger partial charge < -0.3 is 0 Å². The van der Waals surface area contributed by atoms with Gasteiger partial charge >= 0.3 is 0 Å². The molecular formula is C14H11IN2O4. The van der Waals surface area contributed by atoms with Gasteiger partial charge in [-0.25, -0.2) is 0 Å². The summed E-state index contributed by atoms with van der Waals surface area (Å²) in [6.45, 7) is 0. The van der Waals surface area contributed by atoms with E-state index in [2.05, 4.69) is 27.9 Å². The summed E-state index contributed by atoms with van der Waals surface area (Å²) >= 11 is 2.17. The van der Waals surface area contributed by atoms with E-state index >= 15 is 0 Å². The monoisotopic (exact) mass is 398 g/mol. The second-order valence-corrected chi connectivity index (χ2v) is 5.72. The number of halogens is 1. The summed E-state index contributed by atoms with van der Waals surface area (Å²) in [5.41, 5.74) is 1.60. The van der Waals surface area contributed by atoms with E-state index in [9.17, 15) is 19.2 Å². The van der Waals surface area contributed by atoms with Crippen LogP contribution in [0.15, 0.2) is 18.2 Å². The van der Waals surface area contributed by atoms with Gasteiger partial charge in [0.05, 0.1) is 11.1 Å². The number of rotatable bonds is 2. The molecule has 2 heterocycles. The fourth-order valence-electron chi connectivity index (χ4n) is 2.60. The SMILES string of the molecule is O=C1CCC(N2C(=O)c3ccc(CI)cc3C2=O)C(=O)N1. The first-order chi connectivity index (χ1) is 10.0. The van der Waals surface area contributed by atoms with Gasteiger partial charge in [0, 0.05) is 10.8 Å². The number of imide groups is 2. The first kappa shape index (κ1) is 14.2. The van der Waals surface area contributed by atoms with Gasteiger partial charge in [-0.15, -0.1) is 0 Å². The van der Waals surface area contributed by atoms with Gasteiger partial charge in [-0.2, -0.15) is 0 Å². The molecule has 2 aliphatic heterocycles. The number of carbonyl (C=O) groups is 4. The first-order valence-electron chi connectivity index (χ1n) is 6.43. The summed E-state index contributed by atoms with van der Waals surface area (Å²) in [7, 11) is 0. The lowest BCUT2D eigenvalue weighted by Gasteiger charge is -2.27. The predicted octanol–water partition coefficient (Wildman–Crippen LogP) is 1.02. The summed E-state index contributed by atoms with van der Waals surface area (Å²) in [6.07, 6.45) is 0.304. The first-order valence-corrected chi connectivity index (χ1v) is 7.96. The van der Waals surface area contributed by atoms with Gasteiger partial charge in [-0.05, 0) is 24.1 Å². The molecule has 1 N–H and O–H groups in total. The van der Waals surface area contributed by atoms with E-state index in [0.29, 0.717) is 11.1 Å². The van der Waals surface area contributed by atoms with Crippen LogP contribution >= 0.6 is 22.6 Å². The lowest BCUT2D eigenvalue weighted by atomic mass is 10.0. The Morgan fingerprint density at radius 3 is 2.52 bits per heavy atom. The third kappa shape index (κ3) is 2.25. The van der Waals surface area contributed by atoms with Gasteiger partial charge in [0.25, 0.3) is 11.8 Å². The average molecular weight is 398 g/mol. The molecule has 21 heavy (non-hydrogen) atoms. The summed E-state index contributed by atoms with van der Waals surface area (Å²) in [5.74, 6) is -1.89. The number of carbonyl (C=O) groups excluding carboxylic acids is 4. The minimum absolute atomic E-state index is 0.128. The largest absolute Gasteiger partial charge is 0.295 e. The van der Waals surface area contributed by atoms with Gasteiger partial charge in [-0.1, -0.05) is 28.7 Å². The van der Waals surface area contributed by atoms with Crippen LogP contribution in [0.3, 0.4) is 0 Å². The highest BCUT2D eigenvalue weighted by Gasteiger charge is 2.44. The Morgan fingerprint density at radius 2 is 1.86 bits per heavy atom. The van der Waals surface area contributed by atoms with Gasteiger partial charge in [0.1, 0.15) is 6.04 Å². The quantitative estimate of drug-likeness (QED) is 0.458. The summed E-state index contributed by atoms with van der Waals surface area (Å²) < 4.78 is 0.727. The molecule has 1 fully saturated rings. The van der Waals surface area contributed by atoms with Crippen molar-refractivity contribution in [2.75, 3.05) is 0 Å². The van der Waals surface area contributed by atoms with Crippen LogP contribution in [0, 0.1) is 0 Å². The van der Waals surface area contributed by atoms with Crippen LogP contribution in [0.5, 0.6) is 0 Å². The van der Waals surface area contributed by atoms with E-state index in [4.69, 9.17) is 0 Å². The number of nitrogens with zero attached hydrogens (tertiary/aromatic N) is 1. The number of fused-ring (bicyclic) bond motifs is 1. The van der Waals surface area contributed by atoms with Crippen molar-refractivity contribution in [1.82, 2.24) is 10.2 Å². The van der Waals surface area contributed by atoms with Crippen molar-refractivity contribution in [3.05, 3.63) is 34.9 Å². The molecule has 0 aliphatic carbocycles. The number of nitrogens with one attached hydrogen (secondary N) is 1. The summed E-state index contributed by atoms with van der Waals surface area (Å²) in [6, 6.07) is 4.20. The van der Waals surface area contributed by atoms with E-state index in [0.717, 1.165) is 14.9 Å². The minimum Gasteiger partial charge on any atom is -0.295 e. The van der Waals surface area contributed by atoms with Gasteiger partial charge in [-0.3, -0.25) is 29.4 Å². The molecule has 2 aliphatic rings. The van der Waals surface area contributed by atoms with Crippen LogP contribution in [0.2, 0.25) is 0 Å². The molecule has 1 unspecified atom stereocenters. The Bertz CT molecular complexity index is 686. The molecular weight excluding hydrogens is 387 g/mol. The Kier molecular flexibility index (Phi) is 3.52. The Morgan fingerprint density at radius 1 is 1.14 bits per heavy atom. The molecule has 6 nitrogen and oxygen atoms in total. The maximum absolute atomic E-state index is 12.4. The fourth-order valence-corrected chi connectivity index (χ4v) is 3.08. The van der Waals surface area contributed by atoms with Crippen molar-refractivity contribution in [3.63, 3.8) is 0 Å². The zero-order chi connectivity index (χ0) is 15.1. The van der Waals surface area contributed by atoms with Crippen LogP contribution in [0.4, 0.5) is 0 Å². The number of piperidine rings is 1. The summed E-state index contributed by atoms with van der Waals surface area (Å²) in [5, 5.41) is 2.17. The van der Waals surface area contributed by atoms with E-state index in [1.807, 2.05) is 0 Å². The molecule has 7 heteroatoms. The number of alkyl halides is 1. The van der Waals surface area contributed by atoms with Crippen LogP contribution in [-0.2, 0) is 14.0 Å². The van der Waals surface area contributed by atoms with Crippen molar-refractivity contribution < 1.29 is 19.2 Å². The van der Waals surface area contributed by atoms with Crippen molar-refractivity contribution in [3.8, 4) is 0 Å². The number of hydrogen-bond acceptors (Lipinski definition) is 4. The summed E-state index contributed by atoms with van der Waals surface area (Å²) in [4.78, 5) is 48.8. The molecule has 4 amide bonds. The number of benzene rings is 1. The van der Waals surface area contributed by atoms with Crippen molar-refractivity contribution in [1.29, 1.82) is 0 Å². The van der Waals surface area contributed by atoms with Crippen LogP contribution in [-0.4, -0.2) is 34.6 Å². The Labute approximate surface area is 134 Å². The predicted molar refractivity (Wildman–Crippen MR) is 80.8 cm³/mol. The lowest BCUT2D eigenvalue weighted by Crippen LogP contribution is -2.54. The van der Waals surface area contributed by atoms with E-state index in [-0.39, 0.29) is 18.7 Å². The maximum Gasteiger partial charge on any atom is 0.262 e. The molecule has 0 saturated carbocycles. The third-order valence-electron chi connectivity index (χ3n) is 3.66. The minimum atomic E-state index is -0.904. The van der Waals surface area contributed by atoms with Gasteiger partial charge in [0.15, 0.2) is 0 Å². The smallest absolute Gasteiger partial charge is 0.262 e. The standard InChI is InChI=1S/C14H11IN2O4/c15-6-7-1-2-8-9(5-7)14(21)17(13(8)20)10-3-4-11(18)16-12(10)19/h1-2,5,10H,3-4,6H2,(H,16,18,19). The zero-order valence-corrected chi connectivity index (χ0v) is 13.0. The second-order valence-electron chi connectivity index (χ2n) is 4.96. The molecule has 0 spiro atoms. The average Bonchev–Trinajstić information content (AvgIpc) is 2.71. The van der Waals surface area contributed by atoms with Crippen molar-refractivity contribution >= 4 is 46.2 Å². The highest BCUT2D eigenvalue weighted by atomic mass is 127. The Balaban J connectivity index is 1.96. The molecule has 1 atom stereocenters. The van der Waals surface area contributed by atoms with Gasteiger partial charge in [0.2, 0.25) is 11.8 Å². The van der Waals surface area contributed by atoms with Crippen molar-refractivity contribution in [2.45, 2.75) is 23.3 Å². The highest BCUT2D eigenvalue weighted by molar-refractivity contribution is 14.1. The molecule has 1 saturated heterocycles. The Hall–Kier alpha value is -1.77. The molecule has 0 radical (unpaired) electrons. The topological polar surface area (TPSA) is 83.6 Å². The van der Waals surface area contributed by atoms with Crippen LogP contribution in [0.1, 0.15) is 39.1 Å². The number of amides is 4.